The van der Waals surface area contributed by atoms with Gasteiger partial charge in [-0.1, -0.05) is 0 Å². The summed E-state index contributed by atoms with van der Waals surface area (Å²) in [6.45, 7) is 5.49. The van der Waals surface area contributed by atoms with E-state index in [1.54, 1.807) is 6.07 Å². The number of carbonyl (C=O) groups is 1. The molecule has 0 unspecified atom stereocenters. The van der Waals surface area contributed by atoms with Gasteiger partial charge in [-0.15, -0.1) is 0 Å². The van der Waals surface area contributed by atoms with Crippen molar-refractivity contribution in [2.24, 2.45) is 0 Å². The molecule has 0 aliphatic carbocycles. The van der Waals surface area contributed by atoms with Gasteiger partial charge in [0.25, 0.3) is 0 Å². The minimum absolute atomic E-state index is 0.474. The Morgan fingerprint density at radius 2 is 2.27 bits per heavy atom. The van der Waals surface area contributed by atoms with Crippen LogP contribution in [0.25, 0.3) is 0 Å². The molecule has 0 spiro atoms. The van der Waals surface area contributed by atoms with Crippen LogP contribution in [0.15, 0.2) is 12.3 Å². The average Bonchev–Trinajstić information content (AvgIpc) is 2.26. The van der Waals surface area contributed by atoms with Crippen molar-refractivity contribution < 1.29 is 14.3 Å². The van der Waals surface area contributed by atoms with Crippen LogP contribution in [0.2, 0.25) is 0 Å². The van der Waals surface area contributed by atoms with Gasteiger partial charge in [0, 0.05) is 23.9 Å². The van der Waals surface area contributed by atoms with Gasteiger partial charge in [0.05, 0.1) is 6.61 Å². The van der Waals surface area contributed by atoms with Crippen LogP contribution in [0.5, 0.6) is 5.88 Å². The SMILES string of the molecule is CCOCCOc1ncc(C=O)cc1C. The van der Waals surface area contributed by atoms with Gasteiger partial charge in [0.2, 0.25) is 5.88 Å². The van der Waals surface area contributed by atoms with Crippen LogP contribution in [0.1, 0.15) is 22.8 Å². The topological polar surface area (TPSA) is 48.4 Å². The van der Waals surface area contributed by atoms with E-state index in [1.807, 2.05) is 13.8 Å². The standard InChI is InChI=1S/C11H15NO3/c1-3-14-4-5-15-11-9(2)6-10(8-13)7-12-11/h6-8H,3-5H2,1-2H3. The summed E-state index contributed by atoms with van der Waals surface area (Å²) < 4.78 is 10.5. The largest absolute Gasteiger partial charge is 0.475 e. The summed E-state index contributed by atoms with van der Waals surface area (Å²) in [5.74, 6) is 0.556. The predicted octanol–water partition coefficient (Wildman–Crippen LogP) is 1.62. The highest BCUT2D eigenvalue weighted by Gasteiger charge is 2.02. The van der Waals surface area contributed by atoms with Crippen LogP contribution in [0.4, 0.5) is 0 Å². The highest BCUT2D eigenvalue weighted by atomic mass is 16.5. The molecule has 0 atom stereocenters. The molecule has 1 heterocycles. The molecule has 0 aliphatic rings. The first-order valence-electron chi connectivity index (χ1n) is 4.90. The maximum absolute atomic E-state index is 10.5. The maximum Gasteiger partial charge on any atom is 0.216 e. The molecular weight excluding hydrogens is 194 g/mol. The number of hydrogen-bond donors (Lipinski definition) is 0. The number of pyridine rings is 1. The minimum atomic E-state index is 0.474. The molecule has 0 bridgehead atoms. The number of rotatable bonds is 6. The number of nitrogens with zero attached hydrogens (tertiary/aromatic N) is 1. The lowest BCUT2D eigenvalue weighted by molar-refractivity contribution is 0.108. The van der Waals surface area contributed by atoms with Gasteiger partial charge in [-0.25, -0.2) is 4.98 Å². The van der Waals surface area contributed by atoms with Crippen molar-refractivity contribution >= 4 is 6.29 Å². The molecule has 1 aromatic rings. The second kappa shape index (κ2) is 6.14. The molecule has 0 aromatic carbocycles. The van der Waals surface area contributed by atoms with E-state index < -0.39 is 0 Å². The van der Waals surface area contributed by atoms with E-state index in [4.69, 9.17) is 9.47 Å². The Hall–Kier alpha value is -1.42. The molecule has 1 aromatic heterocycles. The quantitative estimate of drug-likeness (QED) is 0.527. The molecule has 4 nitrogen and oxygen atoms in total. The lowest BCUT2D eigenvalue weighted by atomic mass is 10.2. The number of ether oxygens (including phenoxy) is 2. The summed E-state index contributed by atoms with van der Waals surface area (Å²) in [5.41, 5.74) is 1.42. The maximum atomic E-state index is 10.5. The highest BCUT2D eigenvalue weighted by Crippen LogP contribution is 2.14. The third-order valence-corrected chi connectivity index (χ3v) is 1.86. The zero-order valence-electron chi connectivity index (χ0n) is 9.03. The van der Waals surface area contributed by atoms with Crippen LogP contribution in [0, 0.1) is 6.92 Å². The van der Waals surface area contributed by atoms with E-state index in [-0.39, 0.29) is 0 Å². The molecule has 15 heavy (non-hydrogen) atoms. The van der Waals surface area contributed by atoms with Gasteiger partial charge >= 0.3 is 0 Å². The third kappa shape index (κ3) is 3.67. The van der Waals surface area contributed by atoms with Crippen LogP contribution in [-0.4, -0.2) is 31.1 Å². The first kappa shape index (κ1) is 11.7. The lowest BCUT2D eigenvalue weighted by Crippen LogP contribution is -2.08. The lowest BCUT2D eigenvalue weighted by Gasteiger charge is -2.07. The Morgan fingerprint density at radius 1 is 1.47 bits per heavy atom. The van der Waals surface area contributed by atoms with E-state index in [1.165, 1.54) is 6.20 Å². The second-order valence-electron chi connectivity index (χ2n) is 3.05. The molecule has 0 saturated carbocycles. The van der Waals surface area contributed by atoms with Crippen LogP contribution < -0.4 is 4.74 Å². The molecule has 0 amide bonds. The minimum Gasteiger partial charge on any atom is -0.475 e. The monoisotopic (exact) mass is 209 g/mol. The molecule has 0 fully saturated rings. The van der Waals surface area contributed by atoms with Crippen molar-refractivity contribution in [2.45, 2.75) is 13.8 Å². The zero-order valence-corrected chi connectivity index (χ0v) is 9.03. The Labute approximate surface area is 89.2 Å². The summed E-state index contributed by atoms with van der Waals surface area (Å²) in [7, 11) is 0. The number of aldehydes is 1. The van der Waals surface area contributed by atoms with E-state index in [9.17, 15) is 4.79 Å². The van der Waals surface area contributed by atoms with Gasteiger partial charge in [-0.2, -0.15) is 0 Å². The van der Waals surface area contributed by atoms with Crippen molar-refractivity contribution in [3.05, 3.63) is 23.4 Å². The summed E-state index contributed by atoms with van der Waals surface area (Å²) in [6, 6.07) is 1.75. The van der Waals surface area contributed by atoms with Crippen LogP contribution >= 0.6 is 0 Å². The molecule has 0 N–H and O–H groups in total. The van der Waals surface area contributed by atoms with Crippen molar-refractivity contribution in [1.29, 1.82) is 0 Å². The van der Waals surface area contributed by atoms with Gasteiger partial charge in [0.1, 0.15) is 6.61 Å². The number of aromatic nitrogens is 1. The van der Waals surface area contributed by atoms with Crippen molar-refractivity contribution in [3.63, 3.8) is 0 Å². The van der Waals surface area contributed by atoms with Crippen molar-refractivity contribution in [2.75, 3.05) is 19.8 Å². The van der Waals surface area contributed by atoms with E-state index in [2.05, 4.69) is 4.98 Å². The zero-order chi connectivity index (χ0) is 11.1. The average molecular weight is 209 g/mol. The van der Waals surface area contributed by atoms with Crippen LogP contribution in [-0.2, 0) is 4.74 Å². The summed E-state index contributed by atoms with van der Waals surface area (Å²) >= 11 is 0. The highest BCUT2D eigenvalue weighted by molar-refractivity contribution is 5.74. The van der Waals surface area contributed by atoms with Gasteiger partial charge < -0.3 is 9.47 Å². The van der Waals surface area contributed by atoms with E-state index in [0.29, 0.717) is 31.3 Å². The molecule has 4 heteroatoms. The molecule has 0 saturated heterocycles. The molecule has 82 valence electrons. The van der Waals surface area contributed by atoms with E-state index in [0.717, 1.165) is 11.8 Å². The van der Waals surface area contributed by atoms with Crippen molar-refractivity contribution in [1.82, 2.24) is 4.98 Å². The Morgan fingerprint density at radius 3 is 2.87 bits per heavy atom. The van der Waals surface area contributed by atoms with E-state index >= 15 is 0 Å². The summed E-state index contributed by atoms with van der Waals surface area (Å²) in [6.07, 6.45) is 2.26. The Balaban J connectivity index is 2.50. The fourth-order valence-corrected chi connectivity index (χ4v) is 1.14. The first-order chi connectivity index (χ1) is 7.27. The normalized spacial score (nSPS) is 10.0. The molecule has 1 rings (SSSR count). The summed E-state index contributed by atoms with van der Waals surface area (Å²) in [5, 5.41) is 0. The molecule has 0 radical (unpaired) electrons. The smallest absolute Gasteiger partial charge is 0.216 e. The first-order valence-corrected chi connectivity index (χ1v) is 4.90. The Bertz CT molecular complexity index is 326. The van der Waals surface area contributed by atoms with Gasteiger partial charge in [0.15, 0.2) is 6.29 Å². The van der Waals surface area contributed by atoms with Crippen molar-refractivity contribution in [3.8, 4) is 5.88 Å². The summed E-state index contributed by atoms with van der Waals surface area (Å²) in [4.78, 5) is 14.5. The second-order valence-corrected chi connectivity index (χ2v) is 3.05. The third-order valence-electron chi connectivity index (χ3n) is 1.86. The fraction of sp³-hybridized carbons (Fsp3) is 0.455. The molecular formula is C11H15NO3. The van der Waals surface area contributed by atoms with Crippen LogP contribution in [0.3, 0.4) is 0 Å². The van der Waals surface area contributed by atoms with Gasteiger partial charge in [-0.3, -0.25) is 4.79 Å². The number of aryl methyl sites for hydroxylation is 1. The Kier molecular flexibility index (Phi) is 4.77. The molecule has 0 aliphatic heterocycles. The number of carbonyl (C=O) groups excluding carboxylic acids is 1. The predicted molar refractivity (Wildman–Crippen MR) is 56.3 cm³/mol. The van der Waals surface area contributed by atoms with Gasteiger partial charge in [-0.05, 0) is 19.9 Å². The number of hydrogen-bond acceptors (Lipinski definition) is 4. The fourth-order valence-electron chi connectivity index (χ4n) is 1.14.